The quantitative estimate of drug-likeness (QED) is 0.648. The van der Waals surface area contributed by atoms with Crippen LogP contribution >= 0.6 is 0 Å². The van der Waals surface area contributed by atoms with Gasteiger partial charge in [-0.3, -0.25) is 5.84 Å². The third-order valence-electron chi connectivity index (χ3n) is 3.29. The Balaban J connectivity index is 2.84. The first-order valence-corrected chi connectivity index (χ1v) is 6.80. The Bertz CT molecular complexity index is 626. The van der Waals surface area contributed by atoms with Gasteiger partial charge in [0, 0.05) is 5.69 Å². The van der Waals surface area contributed by atoms with E-state index in [1.807, 2.05) is 39.8 Å². The van der Waals surface area contributed by atoms with Crippen LogP contribution in [0.2, 0.25) is 0 Å². The Morgan fingerprint density at radius 2 is 1.70 bits per heavy atom. The Morgan fingerprint density at radius 1 is 1.10 bits per heavy atom. The molecule has 0 atom stereocenters. The van der Waals surface area contributed by atoms with Gasteiger partial charge in [-0.25, -0.2) is 4.98 Å². The number of nitrogens with one attached hydrogen (secondary N) is 1. The summed E-state index contributed by atoms with van der Waals surface area (Å²) >= 11 is 0. The summed E-state index contributed by atoms with van der Waals surface area (Å²) in [5.41, 5.74) is 6.30. The molecule has 2 rings (SSSR count). The molecule has 5 nitrogen and oxygen atoms in total. The summed E-state index contributed by atoms with van der Waals surface area (Å²) < 4.78 is 11.4. The van der Waals surface area contributed by atoms with Crippen LogP contribution in [0, 0.1) is 13.8 Å². The molecule has 0 saturated heterocycles. The van der Waals surface area contributed by atoms with Gasteiger partial charge in [-0.2, -0.15) is 0 Å². The first-order valence-electron chi connectivity index (χ1n) is 6.80. The molecule has 20 heavy (non-hydrogen) atoms. The fourth-order valence-corrected chi connectivity index (χ4v) is 2.25. The third-order valence-corrected chi connectivity index (χ3v) is 3.29. The molecule has 0 aliphatic rings. The second-order valence-corrected chi connectivity index (χ2v) is 4.49. The molecule has 3 N–H and O–H groups in total. The molecule has 108 valence electrons. The average Bonchev–Trinajstić information content (AvgIpc) is 2.44. The largest absolute Gasteiger partial charge is 0.493 e. The number of rotatable bonds is 5. The summed E-state index contributed by atoms with van der Waals surface area (Å²) in [6.07, 6.45) is 0. The lowest BCUT2D eigenvalue weighted by Crippen LogP contribution is -2.11. The van der Waals surface area contributed by atoms with Gasteiger partial charge in [0.15, 0.2) is 0 Å². The lowest BCUT2D eigenvalue weighted by molar-refractivity contribution is 0.336. The van der Waals surface area contributed by atoms with E-state index in [2.05, 4.69) is 10.4 Å². The van der Waals surface area contributed by atoms with E-state index in [0.717, 1.165) is 39.3 Å². The fraction of sp³-hybridized carbons (Fsp3) is 0.400. The molecule has 0 aliphatic heterocycles. The Kier molecular flexibility index (Phi) is 4.29. The van der Waals surface area contributed by atoms with Crippen molar-refractivity contribution < 1.29 is 9.47 Å². The molecule has 0 bridgehead atoms. The van der Waals surface area contributed by atoms with Crippen LogP contribution in [0.5, 0.6) is 11.5 Å². The topological polar surface area (TPSA) is 69.4 Å². The summed E-state index contributed by atoms with van der Waals surface area (Å²) in [6.45, 7) is 9.01. The molecule has 1 aromatic heterocycles. The Labute approximate surface area is 119 Å². The van der Waals surface area contributed by atoms with Crippen LogP contribution in [-0.2, 0) is 0 Å². The second-order valence-electron chi connectivity index (χ2n) is 4.49. The van der Waals surface area contributed by atoms with Crippen LogP contribution < -0.4 is 20.7 Å². The summed E-state index contributed by atoms with van der Waals surface area (Å²) in [6, 6.07) is 3.78. The van der Waals surface area contributed by atoms with Gasteiger partial charge in [-0.1, -0.05) is 0 Å². The fourth-order valence-electron chi connectivity index (χ4n) is 2.25. The number of pyridine rings is 1. The number of nitrogens with two attached hydrogens (primary N) is 1. The summed E-state index contributed by atoms with van der Waals surface area (Å²) in [5, 5.41) is 0.864. The number of hydrogen-bond donors (Lipinski definition) is 2. The van der Waals surface area contributed by atoms with E-state index in [4.69, 9.17) is 15.3 Å². The number of nitrogens with zero attached hydrogens (tertiary/aromatic N) is 1. The van der Waals surface area contributed by atoms with Crippen molar-refractivity contribution in [1.29, 1.82) is 0 Å². The van der Waals surface area contributed by atoms with Gasteiger partial charge in [0.05, 0.1) is 24.3 Å². The Hall–Kier alpha value is -2.01. The van der Waals surface area contributed by atoms with E-state index in [1.165, 1.54) is 0 Å². The number of hydrogen-bond acceptors (Lipinski definition) is 5. The summed E-state index contributed by atoms with van der Waals surface area (Å²) in [7, 11) is 0. The van der Waals surface area contributed by atoms with Gasteiger partial charge < -0.3 is 14.9 Å². The second kappa shape index (κ2) is 5.96. The molecule has 0 radical (unpaired) electrons. The predicted molar refractivity (Wildman–Crippen MR) is 81.4 cm³/mol. The maximum atomic E-state index is 5.70. The number of benzene rings is 1. The number of aromatic nitrogens is 1. The zero-order valence-electron chi connectivity index (χ0n) is 12.4. The van der Waals surface area contributed by atoms with Crippen molar-refractivity contribution in [1.82, 2.24) is 4.98 Å². The van der Waals surface area contributed by atoms with Crippen LogP contribution in [0.15, 0.2) is 12.1 Å². The smallest absolute Gasteiger partial charge is 0.145 e. The molecular formula is C15H21N3O2. The first-order chi connectivity index (χ1) is 9.63. The predicted octanol–water partition coefficient (Wildman–Crippen LogP) is 2.93. The number of anilines is 1. The van der Waals surface area contributed by atoms with E-state index in [1.54, 1.807) is 0 Å². The maximum absolute atomic E-state index is 5.70. The molecule has 5 heteroatoms. The van der Waals surface area contributed by atoms with E-state index in [-0.39, 0.29) is 0 Å². The lowest BCUT2D eigenvalue weighted by Gasteiger charge is -2.17. The number of ether oxygens (including phenoxy) is 2. The zero-order valence-corrected chi connectivity index (χ0v) is 12.4. The Morgan fingerprint density at radius 3 is 2.30 bits per heavy atom. The third kappa shape index (κ3) is 2.36. The van der Waals surface area contributed by atoms with Crippen LogP contribution in [-0.4, -0.2) is 18.2 Å². The molecule has 1 heterocycles. The molecule has 0 saturated carbocycles. The zero-order chi connectivity index (χ0) is 14.7. The number of hydrazine groups is 1. The van der Waals surface area contributed by atoms with Gasteiger partial charge in [-0.15, -0.1) is 0 Å². The SMILES string of the molecule is CCOc1ccc(OCC)c2c(NN)c(C)c(C)nc12. The van der Waals surface area contributed by atoms with Crippen LogP contribution in [0.4, 0.5) is 5.69 Å². The molecule has 0 fully saturated rings. The maximum Gasteiger partial charge on any atom is 0.145 e. The van der Waals surface area contributed by atoms with Gasteiger partial charge in [-0.05, 0) is 45.4 Å². The van der Waals surface area contributed by atoms with Crippen LogP contribution in [0.1, 0.15) is 25.1 Å². The molecule has 0 spiro atoms. The van der Waals surface area contributed by atoms with Gasteiger partial charge in [0.2, 0.25) is 0 Å². The van der Waals surface area contributed by atoms with Crippen molar-refractivity contribution in [3.8, 4) is 11.5 Å². The van der Waals surface area contributed by atoms with Crippen LogP contribution in [0.3, 0.4) is 0 Å². The minimum absolute atomic E-state index is 0.583. The van der Waals surface area contributed by atoms with Gasteiger partial charge in [0.1, 0.15) is 17.0 Å². The van der Waals surface area contributed by atoms with Crippen molar-refractivity contribution in [2.24, 2.45) is 5.84 Å². The monoisotopic (exact) mass is 275 g/mol. The van der Waals surface area contributed by atoms with Crippen molar-refractivity contribution in [2.45, 2.75) is 27.7 Å². The van der Waals surface area contributed by atoms with Crippen LogP contribution in [0.25, 0.3) is 10.9 Å². The summed E-state index contributed by atoms with van der Waals surface area (Å²) in [4.78, 5) is 4.64. The number of fused-ring (bicyclic) bond motifs is 1. The van der Waals surface area contributed by atoms with E-state index < -0.39 is 0 Å². The van der Waals surface area contributed by atoms with E-state index in [0.29, 0.717) is 13.2 Å². The van der Waals surface area contributed by atoms with Crippen molar-refractivity contribution in [3.05, 3.63) is 23.4 Å². The van der Waals surface area contributed by atoms with Crippen molar-refractivity contribution in [2.75, 3.05) is 18.6 Å². The highest BCUT2D eigenvalue weighted by Gasteiger charge is 2.16. The highest BCUT2D eigenvalue weighted by Crippen LogP contribution is 2.39. The minimum Gasteiger partial charge on any atom is -0.493 e. The molecular weight excluding hydrogens is 254 g/mol. The first kappa shape index (κ1) is 14.4. The molecule has 1 aromatic carbocycles. The normalized spacial score (nSPS) is 10.7. The molecule has 2 aromatic rings. The molecule has 0 unspecified atom stereocenters. The standard InChI is InChI=1S/C15H21N3O2/c1-5-19-11-7-8-12(20-6-2)15-13(11)14(18-16)9(3)10(4)17-15/h7-8H,5-6,16H2,1-4H3,(H,17,18). The van der Waals surface area contributed by atoms with Crippen molar-refractivity contribution in [3.63, 3.8) is 0 Å². The highest BCUT2D eigenvalue weighted by molar-refractivity contribution is 6.01. The van der Waals surface area contributed by atoms with E-state index in [9.17, 15) is 0 Å². The summed E-state index contributed by atoms with van der Waals surface area (Å²) in [5.74, 6) is 7.20. The highest BCUT2D eigenvalue weighted by atomic mass is 16.5. The lowest BCUT2D eigenvalue weighted by atomic mass is 10.1. The van der Waals surface area contributed by atoms with Gasteiger partial charge >= 0.3 is 0 Å². The molecule has 0 amide bonds. The number of aryl methyl sites for hydroxylation is 1. The minimum atomic E-state index is 0.583. The van der Waals surface area contributed by atoms with Crippen molar-refractivity contribution >= 4 is 16.6 Å². The number of nitrogen functional groups attached to an aromatic ring is 1. The van der Waals surface area contributed by atoms with E-state index >= 15 is 0 Å². The van der Waals surface area contributed by atoms with Gasteiger partial charge in [0.25, 0.3) is 0 Å². The molecule has 0 aliphatic carbocycles. The average molecular weight is 275 g/mol.